The zero-order valence-electron chi connectivity index (χ0n) is 18.6. The Morgan fingerprint density at radius 3 is 2.74 bits per heavy atom. The molecule has 3 aromatic heterocycles. The van der Waals surface area contributed by atoms with Gasteiger partial charge in [0.15, 0.2) is 5.82 Å². The molecule has 1 saturated heterocycles. The highest BCUT2D eigenvalue weighted by molar-refractivity contribution is 6.35. The van der Waals surface area contributed by atoms with Crippen LogP contribution in [0.15, 0.2) is 36.9 Å². The summed E-state index contributed by atoms with van der Waals surface area (Å²) in [7, 11) is 0. The minimum atomic E-state index is -0.511. The van der Waals surface area contributed by atoms with E-state index in [-0.39, 0.29) is 0 Å². The molecule has 1 aliphatic heterocycles. The number of nitrogens with one attached hydrogen (secondary N) is 1. The fourth-order valence-corrected chi connectivity index (χ4v) is 5.05. The number of halogens is 3. The van der Waals surface area contributed by atoms with Gasteiger partial charge >= 0.3 is 0 Å². The summed E-state index contributed by atoms with van der Waals surface area (Å²) in [5, 5.41) is 13.0. The number of rotatable bonds is 7. The average Bonchev–Trinajstić information content (AvgIpc) is 3.45. The molecule has 1 aliphatic rings. The van der Waals surface area contributed by atoms with Gasteiger partial charge in [-0.2, -0.15) is 10.2 Å². The first-order valence-corrected chi connectivity index (χ1v) is 12.0. The van der Waals surface area contributed by atoms with Gasteiger partial charge in [0, 0.05) is 60.9 Å². The number of nitrogens with zero attached hydrogens (tertiary/aromatic N) is 4. The third-order valence-corrected chi connectivity index (χ3v) is 6.82. The van der Waals surface area contributed by atoms with Crippen LogP contribution >= 0.6 is 23.2 Å². The summed E-state index contributed by atoms with van der Waals surface area (Å²) >= 11 is 12.5. The number of aromatic amines is 1. The normalized spacial score (nSPS) is 15.6. The van der Waals surface area contributed by atoms with Crippen molar-refractivity contribution >= 4 is 34.1 Å². The number of hydrogen-bond acceptors (Lipinski definition) is 5. The minimum Gasteiger partial charge on any atom is -0.486 e. The van der Waals surface area contributed by atoms with Crippen LogP contribution in [0.25, 0.3) is 22.2 Å². The average molecular weight is 504 g/mol. The molecule has 1 N–H and O–H groups in total. The van der Waals surface area contributed by atoms with Gasteiger partial charge in [-0.1, -0.05) is 23.2 Å². The van der Waals surface area contributed by atoms with Crippen LogP contribution in [0.5, 0.6) is 5.75 Å². The van der Waals surface area contributed by atoms with E-state index < -0.39 is 11.9 Å². The topological polar surface area (TPSA) is 77.8 Å². The van der Waals surface area contributed by atoms with Crippen molar-refractivity contribution in [2.45, 2.75) is 38.8 Å². The molecule has 34 heavy (non-hydrogen) atoms. The van der Waals surface area contributed by atoms with Crippen LogP contribution in [0, 0.1) is 11.7 Å². The Morgan fingerprint density at radius 1 is 1.21 bits per heavy atom. The van der Waals surface area contributed by atoms with Gasteiger partial charge in [-0.15, -0.1) is 0 Å². The second-order valence-electron chi connectivity index (χ2n) is 8.51. The van der Waals surface area contributed by atoms with E-state index in [1.807, 2.05) is 10.9 Å². The fraction of sp³-hybridized carbons (Fsp3) is 0.375. The van der Waals surface area contributed by atoms with E-state index in [1.54, 1.807) is 19.2 Å². The zero-order chi connectivity index (χ0) is 23.7. The van der Waals surface area contributed by atoms with Crippen LogP contribution in [-0.2, 0) is 11.3 Å². The maximum absolute atomic E-state index is 14.9. The molecule has 0 bridgehead atoms. The first-order valence-electron chi connectivity index (χ1n) is 11.2. The van der Waals surface area contributed by atoms with Crippen molar-refractivity contribution in [3.8, 4) is 17.0 Å². The molecule has 0 radical (unpaired) electrons. The Balaban J connectivity index is 1.38. The van der Waals surface area contributed by atoms with Gasteiger partial charge in [0.25, 0.3) is 0 Å². The molecule has 0 unspecified atom stereocenters. The Kier molecular flexibility index (Phi) is 6.72. The number of benzene rings is 1. The number of ether oxygens (including phenoxy) is 2. The van der Waals surface area contributed by atoms with E-state index in [1.165, 1.54) is 18.5 Å². The number of hydrogen-bond donors (Lipinski definition) is 1. The molecule has 0 spiro atoms. The maximum atomic E-state index is 14.9. The summed E-state index contributed by atoms with van der Waals surface area (Å²) in [6.45, 7) is 4.29. The monoisotopic (exact) mass is 503 g/mol. The quantitative estimate of drug-likeness (QED) is 0.323. The Morgan fingerprint density at radius 2 is 1.97 bits per heavy atom. The number of aromatic nitrogens is 5. The Labute approximate surface area is 206 Å². The fourth-order valence-electron chi connectivity index (χ4n) is 4.37. The van der Waals surface area contributed by atoms with Gasteiger partial charge in [-0.05, 0) is 38.2 Å². The van der Waals surface area contributed by atoms with E-state index in [9.17, 15) is 4.39 Å². The van der Waals surface area contributed by atoms with Crippen LogP contribution in [0.1, 0.15) is 37.9 Å². The van der Waals surface area contributed by atoms with Crippen molar-refractivity contribution in [1.82, 2.24) is 25.0 Å². The molecule has 0 amide bonds. The molecule has 1 fully saturated rings. The summed E-state index contributed by atoms with van der Waals surface area (Å²) < 4.78 is 28.2. The first kappa shape index (κ1) is 23.1. The van der Waals surface area contributed by atoms with Gasteiger partial charge in [-0.3, -0.25) is 14.8 Å². The standard InChI is InChI=1S/C24H24Cl2FN5O2/c1-14(22-19(25)11-28-12-20(22)26)34-17-8-18-23(30-31-24(18)21(27)9-17)16-10-29-32(13-16)5-2-15-3-6-33-7-4-15/h8-15H,2-7H2,1H3,(H,30,31)/t14-/m1/s1. The van der Waals surface area contributed by atoms with Gasteiger partial charge in [0.2, 0.25) is 0 Å². The zero-order valence-corrected chi connectivity index (χ0v) is 20.1. The lowest BCUT2D eigenvalue weighted by molar-refractivity contribution is 0.0623. The predicted octanol–water partition coefficient (Wildman–Crippen LogP) is 6.22. The number of pyridine rings is 1. The molecule has 1 aromatic carbocycles. The van der Waals surface area contributed by atoms with E-state index in [0.29, 0.717) is 43.9 Å². The Hall–Kier alpha value is -2.68. The highest BCUT2D eigenvalue weighted by atomic mass is 35.5. The van der Waals surface area contributed by atoms with Crippen LogP contribution < -0.4 is 4.74 Å². The van der Waals surface area contributed by atoms with Gasteiger partial charge < -0.3 is 9.47 Å². The largest absolute Gasteiger partial charge is 0.486 e. The second-order valence-corrected chi connectivity index (χ2v) is 9.33. The lowest BCUT2D eigenvalue weighted by atomic mass is 9.97. The lowest BCUT2D eigenvalue weighted by Gasteiger charge is -2.21. The summed E-state index contributed by atoms with van der Waals surface area (Å²) in [5.41, 5.74) is 2.33. The highest BCUT2D eigenvalue weighted by Gasteiger charge is 2.20. The summed E-state index contributed by atoms with van der Waals surface area (Å²) in [6.07, 6.45) is 9.42. The molecule has 178 valence electrons. The van der Waals surface area contributed by atoms with Crippen molar-refractivity contribution in [2.24, 2.45) is 5.92 Å². The molecule has 4 heterocycles. The number of fused-ring (bicyclic) bond motifs is 1. The molecule has 7 nitrogen and oxygen atoms in total. The molecule has 5 rings (SSSR count). The van der Waals surface area contributed by atoms with E-state index in [4.69, 9.17) is 32.7 Å². The summed E-state index contributed by atoms with van der Waals surface area (Å²) in [4.78, 5) is 3.96. The van der Waals surface area contributed by atoms with Crippen molar-refractivity contribution in [2.75, 3.05) is 13.2 Å². The number of aryl methyl sites for hydroxylation is 1. The molecule has 0 saturated carbocycles. The highest BCUT2D eigenvalue weighted by Crippen LogP contribution is 2.35. The summed E-state index contributed by atoms with van der Waals surface area (Å²) in [5.74, 6) is 0.541. The number of H-pyrrole nitrogens is 1. The third kappa shape index (κ3) is 4.76. The third-order valence-electron chi connectivity index (χ3n) is 6.22. The maximum Gasteiger partial charge on any atom is 0.152 e. The molecule has 0 aliphatic carbocycles. The van der Waals surface area contributed by atoms with Crippen molar-refractivity contribution in [3.05, 3.63) is 58.3 Å². The van der Waals surface area contributed by atoms with E-state index in [0.717, 1.165) is 44.6 Å². The van der Waals surface area contributed by atoms with Crippen LogP contribution in [0.2, 0.25) is 10.0 Å². The molecule has 4 aromatic rings. The van der Waals surface area contributed by atoms with Crippen molar-refractivity contribution in [3.63, 3.8) is 0 Å². The van der Waals surface area contributed by atoms with Crippen LogP contribution in [0.4, 0.5) is 4.39 Å². The predicted molar refractivity (Wildman–Crippen MR) is 129 cm³/mol. The molecular weight excluding hydrogens is 480 g/mol. The van der Waals surface area contributed by atoms with Crippen molar-refractivity contribution in [1.29, 1.82) is 0 Å². The second kappa shape index (κ2) is 9.90. The smallest absolute Gasteiger partial charge is 0.152 e. The summed E-state index contributed by atoms with van der Waals surface area (Å²) in [6, 6.07) is 3.08. The van der Waals surface area contributed by atoms with Crippen LogP contribution in [0.3, 0.4) is 0 Å². The lowest BCUT2D eigenvalue weighted by Crippen LogP contribution is -2.17. The van der Waals surface area contributed by atoms with Crippen LogP contribution in [-0.4, -0.2) is 38.2 Å². The van der Waals surface area contributed by atoms with E-state index in [2.05, 4.69) is 20.3 Å². The molecule has 1 atom stereocenters. The van der Waals surface area contributed by atoms with Gasteiger partial charge in [0.1, 0.15) is 23.1 Å². The van der Waals surface area contributed by atoms with E-state index >= 15 is 0 Å². The van der Waals surface area contributed by atoms with Gasteiger partial charge in [-0.25, -0.2) is 4.39 Å². The first-order chi connectivity index (χ1) is 16.5. The minimum absolute atomic E-state index is 0.310. The van der Waals surface area contributed by atoms with Gasteiger partial charge in [0.05, 0.1) is 16.2 Å². The molecular formula is C24H24Cl2FN5O2. The Bertz CT molecular complexity index is 1280. The SMILES string of the molecule is C[C@@H](Oc1cc(F)c2[nH]nc(-c3cnn(CCC4CCOCC4)c3)c2c1)c1c(Cl)cncc1Cl. The molecule has 10 heteroatoms. The van der Waals surface area contributed by atoms with Crippen molar-refractivity contribution < 1.29 is 13.9 Å².